The lowest BCUT2D eigenvalue weighted by Gasteiger charge is -2.34. The molecular weight excluding hydrogens is 526 g/mol. The number of carbonyl (C=O) groups excluding carboxylic acids is 1. The first-order valence-corrected chi connectivity index (χ1v) is 14.0. The van der Waals surface area contributed by atoms with Gasteiger partial charge in [0.1, 0.15) is 24.0 Å². The highest BCUT2D eigenvalue weighted by atomic mass is 35.5. The van der Waals surface area contributed by atoms with Crippen molar-refractivity contribution in [1.29, 1.82) is 0 Å². The zero-order valence-electron chi connectivity index (χ0n) is 21.2. The van der Waals surface area contributed by atoms with Crippen LogP contribution in [0.5, 0.6) is 5.75 Å². The minimum atomic E-state index is -0.738. The van der Waals surface area contributed by atoms with Gasteiger partial charge in [0.05, 0.1) is 12.1 Å². The minimum absolute atomic E-state index is 0.0353. The number of pyridine rings is 1. The molecule has 0 atom stereocenters. The van der Waals surface area contributed by atoms with E-state index in [1.165, 1.54) is 0 Å². The van der Waals surface area contributed by atoms with E-state index < -0.39 is 13.3 Å². The van der Waals surface area contributed by atoms with E-state index in [0.29, 0.717) is 38.4 Å². The zero-order chi connectivity index (χ0) is 26.6. The molecule has 4 aromatic rings. The third kappa shape index (κ3) is 5.14. The van der Waals surface area contributed by atoms with Crippen molar-refractivity contribution in [3.63, 3.8) is 0 Å². The highest BCUT2D eigenvalue weighted by Gasteiger charge is 2.31. The molecule has 198 valence electrons. The van der Waals surface area contributed by atoms with E-state index in [0.717, 1.165) is 60.1 Å². The molecule has 0 saturated heterocycles. The SMILES string of the molecule is COc1ccc(-c2ccncc2)cc1CN(C(=O)c1sc2c(CF)ccc(CF)c2c1Cl)C1CCCCC1. The molecule has 1 saturated carbocycles. The number of amides is 1. The summed E-state index contributed by atoms with van der Waals surface area (Å²) in [5.74, 6) is 0.479. The molecule has 0 aliphatic heterocycles. The highest BCUT2D eigenvalue weighted by Crippen LogP contribution is 2.42. The Morgan fingerprint density at radius 3 is 2.39 bits per heavy atom. The number of benzene rings is 2. The summed E-state index contributed by atoms with van der Waals surface area (Å²) in [6, 6.07) is 13.0. The Kier molecular flexibility index (Phi) is 8.24. The number of methoxy groups -OCH3 is 1. The van der Waals surface area contributed by atoms with Crippen molar-refractivity contribution in [2.45, 2.75) is 58.0 Å². The van der Waals surface area contributed by atoms with Crippen LogP contribution in [0.3, 0.4) is 0 Å². The fourth-order valence-corrected chi connectivity index (χ4v) is 7.00. The Hall–Kier alpha value is -3.03. The van der Waals surface area contributed by atoms with Crippen molar-refractivity contribution in [2.75, 3.05) is 7.11 Å². The summed E-state index contributed by atoms with van der Waals surface area (Å²) >= 11 is 7.92. The van der Waals surface area contributed by atoms with E-state index in [-0.39, 0.29) is 17.0 Å². The predicted molar refractivity (Wildman–Crippen MR) is 149 cm³/mol. The molecule has 0 unspecified atom stereocenters. The number of hydrogen-bond acceptors (Lipinski definition) is 4. The van der Waals surface area contributed by atoms with Gasteiger partial charge in [0.25, 0.3) is 5.91 Å². The Morgan fingerprint density at radius 2 is 1.71 bits per heavy atom. The van der Waals surface area contributed by atoms with E-state index in [4.69, 9.17) is 16.3 Å². The van der Waals surface area contributed by atoms with Gasteiger partial charge in [0.15, 0.2) is 0 Å². The smallest absolute Gasteiger partial charge is 0.266 e. The molecule has 2 aromatic carbocycles. The predicted octanol–water partition coefficient (Wildman–Crippen LogP) is 8.54. The first-order valence-electron chi connectivity index (χ1n) is 12.8. The normalized spacial score (nSPS) is 14.1. The number of alkyl halides is 2. The number of nitrogens with zero attached hydrogens (tertiary/aromatic N) is 2. The molecule has 5 rings (SSSR count). The standard InChI is InChI=1S/C30H29ClF2N2O2S/c1-37-25-10-9-20(19-11-13-34-14-12-19)15-23(25)18-35(24-5-3-2-4-6-24)30(36)29-27(31)26-21(16-32)7-8-22(17-33)28(26)38-29/h7-15,24H,2-6,16-18H2,1H3. The minimum Gasteiger partial charge on any atom is -0.496 e. The molecule has 0 bridgehead atoms. The van der Waals surface area contributed by atoms with E-state index in [1.807, 2.05) is 35.2 Å². The molecule has 1 fully saturated rings. The second kappa shape index (κ2) is 11.8. The Labute approximate surface area is 230 Å². The summed E-state index contributed by atoms with van der Waals surface area (Å²) in [4.78, 5) is 20.5. The van der Waals surface area contributed by atoms with Gasteiger partial charge in [0, 0.05) is 46.2 Å². The number of rotatable bonds is 8. The number of halogens is 3. The molecule has 0 radical (unpaired) electrons. The molecule has 2 heterocycles. The van der Waals surface area contributed by atoms with Gasteiger partial charge < -0.3 is 9.64 Å². The Morgan fingerprint density at radius 1 is 1.00 bits per heavy atom. The molecular formula is C30H29ClF2N2O2S. The number of ether oxygens (including phenoxy) is 1. The van der Waals surface area contributed by atoms with Crippen LogP contribution >= 0.6 is 22.9 Å². The number of hydrogen-bond donors (Lipinski definition) is 0. The summed E-state index contributed by atoms with van der Waals surface area (Å²) in [6.07, 6.45) is 8.51. The van der Waals surface area contributed by atoms with Crippen LogP contribution in [0.25, 0.3) is 21.2 Å². The van der Waals surface area contributed by atoms with Gasteiger partial charge in [-0.05, 0) is 53.8 Å². The second-order valence-electron chi connectivity index (χ2n) is 9.59. The second-order valence-corrected chi connectivity index (χ2v) is 11.0. The lowest BCUT2D eigenvalue weighted by atomic mass is 9.93. The number of thiophene rings is 1. The molecule has 38 heavy (non-hydrogen) atoms. The van der Waals surface area contributed by atoms with Crippen molar-refractivity contribution in [3.8, 4) is 16.9 Å². The summed E-state index contributed by atoms with van der Waals surface area (Å²) in [7, 11) is 1.62. The number of carbonyl (C=O) groups is 1. The maximum atomic E-state index is 14.2. The zero-order valence-corrected chi connectivity index (χ0v) is 22.8. The van der Waals surface area contributed by atoms with Crippen LogP contribution in [0.15, 0.2) is 54.9 Å². The van der Waals surface area contributed by atoms with Crippen molar-refractivity contribution < 1.29 is 18.3 Å². The highest BCUT2D eigenvalue weighted by molar-refractivity contribution is 7.21. The summed E-state index contributed by atoms with van der Waals surface area (Å²) in [5, 5.41) is 0.648. The topological polar surface area (TPSA) is 42.4 Å². The van der Waals surface area contributed by atoms with Crippen molar-refractivity contribution in [1.82, 2.24) is 9.88 Å². The van der Waals surface area contributed by atoms with Gasteiger partial charge in [-0.3, -0.25) is 9.78 Å². The maximum Gasteiger partial charge on any atom is 0.266 e. The van der Waals surface area contributed by atoms with Gasteiger partial charge in [-0.1, -0.05) is 49.1 Å². The van der Waals surface area contributed by atoms with Crippen molar-refractivity contribution >= 4 is 38.9 Å². The molecule has 8 heteroatoms. The van der Waals surface area contributed by atoms with Gasteiger partial charge in [-0.15, -0.1) is 11.3 Å². The summed E-state index contributed by atoms with van der Waals surface area (Å²) in [5.41, 5.74) is 3.68. The third-order valence-electron chi connectivity index (χ3n) is 7.34. The lowest BCUT2D eigenvalue weighted by Crippen LogP contribution is -2.40. The lowest BCUT2D eigenvalue weighted by molar-refractivity contribution is 0.0618. The summed E-state index contributed by atoms with van der Waals surface area (Å²) < 4.78 is 33.8. The first-order chi connectivity index (χ1) is 18.5. The average Bonchev–Trinajstić information content (AvgIpc) is 3.33. The molecule has 0 spiro atoms. The van der Waals surface area contributed by atoms with Crippen LogP contribution in [0, 0.1) is 0 Å². The van der Waals surface area contributed by atoms with E-state index in [1.54, 1.807) is 31.6 Å². The van der Waals surface area contributed by atoms with Gasteiger partial charge >= 0.3 is 0 Å². The molecule has 4 nitrogen and oxygen atoms in total. The van der Waals surface area contributed by atoms with Crippen LogP contribution < -0.4 is 4.74 Å². The van der Waals surface area contributed by atoms with Crippen LogP contribution in [0.1, 0.15) is 58.5 Å². The fourth-order valence-electron chi connectivity index (χ4n) is 5.34. The van der Waals surface area contributed by atoms with E-state index in [9.17, 15) is 13.6 Å². The molecule has 1 aliphatic rings. The Balaban J connectivity index is 1.58. The maximum absolute atomic E-state index is 14.2. The quantitative estimate of drug-likeness (QED) is 0.219. The van der Waals surface area contributed by atoms with Crippen molar-refractivity contribution in [2.24, 2.45) is 0 Å². The van der Waals surface area contributed by atoms with E-state index >= 15 is 0 Å². The van der Waals surface area contributed by atoms with Crippen LogP contribution in [-0.4, -0.2) is 28.9 Å². The van der Waals surface area contributed by atoms with Crippen molar-refractivity contribution in [3.05, 3.63) is 81.4 Å². The molecule has 0 N–H and O–H groups in total. The molecule has 2 aromatic heterocycles. The third-order valence-corrected chi connectivity index (χ3v) is 9.09. The largest absolute Gasteiger partial charge is 0.496 e. The van der Waals surface area contributed by atoms with Crippen LogP contribution in [0.4, 0.5) is 8.78 Å². The first kappa shape index (κ1) is 26.6. The van der Waals surface area contributed by atoms with E-state index in [2.05, 4.69) is 4.98 Å². The number of aromatic nitrogens is 1. The number of fused-ring (bicyclic) bond motifs is 1. The van der Waals surface area contributed by atoms with Crippen LogP contribution in [-0.2, 0) is 19.9 Å². The van der Waals surface area contributed by atoms with Crippen LogP contribution in [0.2, 0.25) is 5.02 Å². The molecule has 1 amide bonds. The van der Waals surface area contributed by atoms with Gasteiger partial charge in [0.2, 0.25) is 0 Å². The summed E-state index contributed by atoms with van der Waals surface area (Å²) in [6.45, 7) is -1.11. The van der Waals surface area contributed by atoms with Gasteiger partial charge in [-0.2, -0.15) is 0 Å². The monoisotopic (exact) mass is 554 g/mol. The average molecular weight is 555 g/mol. The molecule has 1 aliphatic carbocycles. The Bertz CT molecular complexity index is 1440. The van der Waals surface area contributed by atoms with Gasteiger partial charge in [-0.25, -0.2) is 8.78 Å². The fraction of sp³-hybridized carbons (Fsp3) is 0.333.